The van der Waals surface area contributed by atoms with E-state index in [0.717, 1.165) is 44.3 Å². The van der Waals surface area contributed by atoms with E-state index in [2.05, 4.69) is 19.9 Å². The number of aromatic hydroxyl groups is 2. The summed E-state index contributed by atoms with van der Waals surface area (Å²) < 4.78 is 5.89. The van der Waals surface area contributed by atoms with Crippen LogP contribution in [0.4, 0.5) is 0 Å². The third kappa shape index (κ3) is 4.41. The van der Waals surface area contributed by atoms with Gasteiger partial charge >= 0.3 is 0 Å². The molecule has 124 valence electrons. The van der Waals surface area contributed by atoms with Crippen molar-refractivity contribution in [1.82, 2.24) is 0 Å². The number of ether oxygens (including phenoxy) is 1. The van der Waals surface area contributed by atoms with Crippen molar-refractivity contribution in [2.24, 2.45) is 0 Å². The van der Waals surface area contributed by atoms with Crippen LogP contribution in [0.15, 0.2) is 36.4 Å². The van der Waals surface area contributed by atoms with Crippen LogP contribution in [0.5, 0.6) is 23.0 Å². The molecule has 0 aliphatic carbocycles. The molecule has 0 atom stereocenters. The lowest BCUT2D eigenvalue weighted by molar-refractivity contribution is 0.374. The molecule has 0 saturated heterocycles. The van der Waals surface area contributed by atoms with E-state index in [4.69, 9.17) is 4.74 Å². The van der Waals surface area contributed by atoms with E-state index >= 15 is 0 Å². The molecule has 0 saturated carbocycles. The zero-order valence-electron chi connectivity index (χ0n) is 14.0. The summed E-state index contributed by atoms with van der Waals surface area (Å²) >= 11 is 0. The van der Waals surface area contributed by atoms with E-state index in [1.165, 1.54) is 23.3 Å². The Morgan fingerprint density at radius 2 is 1.43 bits per heavy atom. The molecule has 23 heavy (non-hydrogen) atoms. The molecule has 3 nitrogen and oxygen atoms in total. The molecule has 0 fully saturated rings. The zero-order chi connectivity index (χ0) is 16.7. The summed E-state index contributed by atoms with van der Waals surface area (Å²) in [6.07, 6.45) is 6.47. The molecule has 0 heterocycles. The third-order valence-corrected chi connectivity index (χ3v) is 4.00. The van der Waals surface area contributed by atoms with E-state index in [-0.39, 0.29) is 17.2 Å². The Balaban J connectivity index is 2.36. The van der Waals surface area contributed by atoms with Crippen LogP contribution in [-0.4, -0.2) is 10.2 Å². The molecule has 3 heteroatoms. The first-order valence-corrected chi connectivity index (χ1v) is 8.46. The fraction of sp³-hybridized carbons (Fsp3) is 0.400. The third-order valence-electron chi connectivity index (χ3n) is 4.00. The number of phenolic OH excluding ortho intramolecular Hbond substituents is 2. The van der Waals surface area contributed by atoms with E-state index in [9.17, 15) is 10.2 Å². The number of para-hydroxylation sites is 1. The zero-order valence-corrected chi connectivity index (χ0v) is 14.0. The van der Waals surface area contributed by atoms with Crippen molar-refractivity contribution >= 4 is 0 Å². The summed E-state index contributed by atoms with van der Waals surface area (Å²) in [5.74, 6) is 0.748. The summed E-state index contributed by atoms with van der Waals surface area (Å²) in [6.45, 7) is 4.36. The molecule has 2 rings (SSSR count). The molecule has 0 amide bonds. The van der Waals surface area contributed by atoms with Gasteiger partial charge in [-0.3, -0.25) is 0 Å². The van der Waals surface area contributed by atoms with Crippen molar-refractivity contribution in [1.29, 1.82) is 0 Å². The van der Waals surface area contributed by atoms with Gasteiger partial charge in [-0.25, -0.2) is 0 Å². The minimum absolute atomic E-state index is 0.0506. The molecule has 2 aromatic rings. The van der Waals surface area contributed by atoms with Crippen LogP contribution in [0.2, 0.25) is 0 Å². The molecule has 0 aliphatic heterocycles. The predicted octanol–water partition coefficient (Wildman–Crippen LogP) is 5.58. The highest BCUT2D eigenvalue weighted by atomic mass is 16.5. The van der Waals surface area contributed by atoms with Crippen LogP contribution in [-0.2, 0) is 12.8 Å². The first-order chi connectivity index (χ1) is 11.2. The Kier molecular flexibility index (Phi) is 6.33. The minimum atomic E-state index is -0.0506. The lowest BCUT2D eigenvalue weighted by Crippen LogP contribution is -1.99. The maximum atomic E-state index is 9.95. The van der Waals surface area contributed by atoms with Gasteiger partial charge in [0.2, 0.25) is 5.75 Å². The van der Waals surface area contributed by atoms with Crippen LogP contribution in [0.3, 0.4) is 0 Å². The average Bonchev–Trinajstić information content (AvgIpc) is 2.55. The Labute approximate surface area is 138 Å². The summed E-state index contributed by atoms with van der Waals surface area (Å²) in [5.41, 5.74) is 2.48. The van der Waals surface area contributed by atoms with Gasteiger partial charge < -0.3 is 14.9 Å². The lowest BCUT2D eigenvalue weighted by Gasteiger charge is -2.16. The van der Waals surface area contributed by atoms with Crippen molar-refractivity contribution in [2.75, 3.05) is 0 Å². The highest BCUT2D eigenvalue weighted by Crippen LogP contribution is 2.40. The Bertz CT molecular complexity index is 615. The van der Waals surface area contributed by atoms with Crippen molar-refractivity contribution in [3.05, 3.63) is 47.5 Å². The predicted molar refractivity (Wildman–Crippen MR) is 93.5 cm³/mol. The Hall–Kier alpha value is -2.16. The van der Waals surface area contributed by atoms with Crippen LogP contribution in [0.25, 0.3) is 0 Å². The quantitative estimate of drug-likeness (QED) is 0.669. The number of rotatable bonds is 8. The van der Waals surface area contributed by atoms with Gasteiger partial charge in [0.05, 0.1) is 0 Å². The molecule has 2 aromatic carbocycles. The number of unbranched alkanes of at least 4 members (excludes halogenated alkanes) is 2. The highest BCUT2D eigenvalue weighted by Gasteiger charge is 2.14. The molecular weight excluding hydrogens is 288 g/mol. The van der Waals surface area contributed by atoms with Crippen molar-refractivity contribution < 1.29 is 14.9 Å². The van der Waals surface area contributed by atoms with E-state index < -0.39 is 0 Å². The average molecular weight is 314 g/mol. The highest BCUT2D eigenvalue weighted by molar-refractivity contribution is 5.53. The van der Waals surface area contributed by atoms with Gasteiger partial charge in [-0.1, -0.05) is 44.9 Å². The number of phenols is 2. The number of hydrogen-bond acceptors (Lipinski definition) is 3. The van der Waals surface area contributed by atoms with Gasteiger partial charge in [0, 0.05) is 0 Å². The molecule has 2 N–H and O–H groups in total. The van der Waals surface area contributed by atoms with Gasteiger partial charge in [0.25, 0.3) is 0 Å². The van der Waals surface area contributed by atoms with Gasteiger partial charge in [0.1, 0.15) is 5.75 Å². The van der Waals surface area contributed by atoms with Crippen LogP contribution >= 0.6 is 0 Å². The van der Waals surface area contributed by atoms with Crippen LogP contribution in [0.1, 0.15) is 50.7 Å². The molecule has 0 aromatic heterocycles. The normalized spacial score (nSPS) is 10.7. The van der Waals surface area contributed by atoms with Gasteiger partial charge in [-0.05, 0) is 55.0 Å². The van der Waals surface area contributed by atoms with Gasteiger partial charge in [-0.15, -0.1) is 0 Å². The number of aryl methyl sites for hydroxylation is 1. The Morgan fingerprint density at radius 1 is 0.826 bits per heavy atom. The lowest BCUT2D eigenvalue weighted by atomic mass is 9.97. The largest absolute Gasteiger partial charge is 0.504 e. The molecule has 0 radical (unpaired) electrons. The van der Waals surface area contributed by atoms with Crippen LogP contribution < -0.4 is 4.74 Å². The summed E-state index contributed by atoms with van der Waals surface area (Å²) in [6, 6.07) is 10.7. The fourth-order valence-corrected chi connectivity index (χ4v) is 2.67. The maximum absolute atomic E-state index is 9.95. The second-order valence-electron chi connectivity index (χ2n) is 5.83. The van der Waals surface area contributed by atoms with Crippen LogP contribution in [0, 0.1) is 0 Å². The fourth-order valence-electron chi connectivity index (χ4n) is 2.67. The molecule has 0 aliphatic rings. The SMILES string of the molecule is CCCCc1cccc(Oc2c(O)cccc2O)c1CCCC. The van der Waals surface area contributed by atoms with Gasteiger partial charge in [0.15, 0.2) is 11.5 Å². The monoisotopic (exact) mass is 314 g/mol. The van der Waals surface area contributed by atoms with Gasteiger partial charge in [-0.2, -0.15) is 0 Å². The van der Waals surface area contributed by atoms with Crippen molar-refractivity contribution in [3.63, 3.8) is 0 Å². The first kappa shape index (κ1) is 17.2. The smallest absolute Gasteiger partial charge is 0.210 e. The minimum Gasteiger partial charge on any atom is -0.504 e. The van der Waals surface area contributed by atoms with Crippen molar-refractivity contribution in [2.45, 2.75) is 52.4 Å². The molecular formula is C20H26O3. The first-order valence-electron chi connectivity index (χ1n) is 8.46. The topological polar surface area (TPSA) is 49.7 Å². The second kappa shape index (κ2) is 8.47. The Morgan fingerprint density at radius 3 is 2.09 bits per heavy atom. The summed E-state index contributed by atoms with van der Waals surface area (Å²) in [4.78, 5) is 0. The van der Waals surface area contributed by atoms with E-state index in [1.54, 1.807) is 6.07 Å². The van der Waals surface area contributed by atoms with Crippen molar-refractivity contribution in [3.8, 4) is 23.0 Å². The number of benzene rings is 2. The summed E-state index contributed by atoms with van der Waals surface area (Å²) in [7, 11) is 0. The maximum Gasteiger partial charge on any atom is 0.210 e. The van der Waals surface area contributed by atoms with E-state index in [0.29, 0.717) is 0 Å². The second-order valence-corrected chi connectivity index (χ2v) is 5.83. The molecule has 0 spiro atoms. The van der Waals surface area contributed by atoms with E-state index in [1.807, 2.05) is 12.1 Å². The number of hydrogen-bond donors (Lipinski definition) is 2. The standard InChI is InChI=1S/C20H26O3/c1-3-5-9-15-10-7-14-19(16(15)11-6-4-2)23-20-17(21)12-8-13-18(20)22/h7-8,10,12-14,21-22H,3-6,9,11H2,1-2H3. The molecule has 0 unspecified atom stereocenters. The summed E-state index contributed by atoms with van der Waals surface area (Å²) in [5, 5.41) is 19.9. The molecule has 0 bridgehead atoms.